The van der Waals surface area contributed by atoms with Crippen LogP contribution in [0, 0.1) is 11.8 Å². The summed E-state index contributed by atoms with van der Waals surface area (Å²) in [4.78, 5) is 11.9. The average molecular weight is 338 g/mol. The number of nitrogens with zero attached hydrogens (tertiary/aromatic N) is 1. The molecule has 0 spiro atoms. The Morgan fingerprint density at radius 1 is 1.30 bits per heavy atom. The molecule has 1 fully saturated rings. The second kappa shape index (κ2) is 6.22. The van der Waals surface area contributed by atoms with Crippen LogP contribution in [0.5, 0.6) is 0 Å². The highest BCUT2D eigenvalue weighted by molar-refractivity contribution is 7.89. The number of primary amides is 1. The van der Waals surface area contributed by atoms with Crippen molar-refractivity contribution in [2.45, 2.75) is 24.2 Å². The van der Waals surface area contributed by atoms with Crippen LogP contribution in [0.1, 0.15) is 17.5 Å². The van der Waals surface area contributed by atoms with Gasteiger partial charge in [-0.3, -0.25) is 4.79 Å². The van der Waals surface area contributed by atoms with E-state index in [2.05, 4.69) is 0 Å². The average Bonchev–Trinajstić information content (AvgIpc) is 3.13. The Bertz CT molecular complexity index is 717. The molecule has 0 aromatic heterocycles. The number of ether oxygens (including phenoxy) is 1. The van der Waals surface area contributed by atoms with Crippen molar-refractivity contribution in [1.29, 1.82) is 0 Å². The van der Waals surface area contributed by atoms with Gasteiger partial charge in [-0.2, -0.15) is 4.31 Å². The van der Waals surface area contributed by atoms with Gasteiger partial charge in [-0.1, -0.05) is 6.07 Å². The first-order valence-corrected chi connectivity index (χ1v) is 9.27. The molecule has 126 valence electrons. The second-order valence-electron chi connectivity index (χ2n) is 6.33. The molecule has 0 unspecified atom stereocenters. The lowest BCUT2D eigenvalue weighted by Crippen LogP contribution is -2.32. The van der Waals surface area contributed by atoms with Gasteiger partial charge in [0.05, 0.1) is 17.4 Å². The number of fused-ring (bicyclic) bond motifs is 1. The number of sulfonamides is 1. The topological polar surface area (TPSA) is 89.7 Å². The molecule has 3 rings (SSSR count). The third-order valence-corrected chi connectivity index (χ3v) is 6.69. The summed E-state index contributed by atoms with van der Waals surface area (Å²) in [7, 11) is -2.07. The molecule has 0 saturated carbocycles. The van der Waals surface area contributed by atoms with Crippen molar-refractivity contribution in [1.82, 2.24) is 4.31 Å². The summed E-state index contributed by atoms with van der Waals surface area (Å²) in [6.07, 6.45) is 3.01. The molecule has 6 nitrogen and oxygen atoms in total. The molecule has 1 aromatic rings. The monoisotopic (exact) mass is 338 g/mol. The van der Waals surface area contributed by atoms with E-state index in [4.69, 9.17) is 10.5 Å². The van der Waals surface area contributed by atoms with Gasteiger partial charge in [-0.25, -0.2) is 8.42 Å². The molecule has 7 heteroatoms. The fraction of sp³-hybridized carbons (Fsp3) is 0.562. The first-order valence-electron chi connectivity index (χ1n) is 7.83. The first-order chi connectivity index (χ1) is 10.9. The molecule has 1 amide bonds. The summed E-state index contributed by atoms with van der Waals surface area (Å²) >= 11 is 0. The smallest absolute Gasteiger partial charge is 0.243 e. The number of aryl methyl sites for hydroxylation is 2. The largest absolute Gasteiger partial charge is 0.384 e. The minimum Gasteiger partial charge on any atom is -0.384 e. The maximum absolute atomic E-state index is 12.9. The molecule has 1 aliphatic carbocycles. The van der Waals surface area contributed by atoms with Crippen molar-refractivity contribution in [3.63, 3.8) is 0 Å². The lowest BCUT2D eigenvalue weighted by atomic mass is 9.96. The fourth-order valence-electron chi connectivity index (χ4n) is 3.59. The number of hydrogen-bond acceptors (Lipinski definition) is 4. The number of amides is 1. The van der Waals surface area contributed by atoms with Crippen molar-refractivity contribution < 1.29 is 17.9 Å². The standard InChI is InChI=1S/C16H22N2O4S/c1-22-10-13-8-18(9-15(13)16(17)19)23(20,21)14-6-5-11-3-2-4-12(11)7-14/h5-7,13,15H,2-4,8-10H2,1H3,(H2,17,19)/t13-,15+/m0/s1. The van der Waals surface area contributed by atoms with Gasteiger partial charge in [0.15, 0.2) is 0 Å². The van der Waals surface area contributed by atoms with Crippen molar-refractivity contribution in [2.24, 2.45) is 17.6 Å². The van der Waals surface area contributed by atoms with E-state index in [9.17, 15) is 13.2 Å². The summed E-state index contributed by atoms with van der Waals surface area (Å²) < 4.78 is 32.2. The molecule has 1 aromatic carbocycles. The molecular weight excluding hydrogens is 316 g/mol. The molecule has 1 heterocycles. The molecule has 0 bridgehead atoms. The highest BCUT2D eigenvalue weighted by atomic mass is 32.2. The quantitative estimate of drug-likeness (QED) is 0.849. The van der Waals surface area contributed by atoms with Crippen LogP contribution in [0.15, 0.2) is 23.1 Å². The van der Waals surface area contributed by atoms with Crippen LogP contribution in [0.3, 0.4) is 0 Å². The zero-order chi connectivity index (χ0) is 16.6. The van der Waals surface area contributed by atoms with Gasteiger partial charge < -0.3 is 10.5 Å². The number of carbonyl (C=O) groups excluding carboxylic acids is 1. The number of nitrogens with two attached hydrogens (primary N) is 1. The van der Waals surface area contributed by atoms with Crippen molar-refractivity contribution in [2.75, 3.05) is 26.8 Å². The van der Waals surface area contributed by atoms with Crippen LogP contribution < -0.4 is 5.73 Å². The predicted octanol–water partition coefficient (Wildman–Crippen LogP) is 0.544. The Balaban J connectivity index is 1.87. The van der Waals surface area contributed by atoms with E-state index in [1.165, 1.54) is 17.0 Å². The highest BCUT2D eigenvalue weighted by Crippen LogP contribution is 2.31. The number of hydrogen-bond donors (Lipinski definition) is 1. The third kappa shape index (κ3) is 3.00. The number of rotatable bonds is 5. The van der Waals surface area contributed by atoms with E-state index in [-0.39, 0.29) is 19.0 Å². The van der Waals surface area contributed by atoms with Crippen LogP contribution in [0.4, 0.5) is 0 Å². The number of methoxy groups -OCH3 is 1. The zero-order valence-electron chi connectivity index (χ0n) is 13.2. The summed E-state index contributed by atoms with van der Waals surface area (Å²) in [5.74, 6) is -1.17. The van der Waals surface area contributed by atoms with E-state index < -0.39 is 21.8 Å². The minimum atomic E-state index is -3.61. The predicted molar refractivity (Wildman–Crippen MR) is 85.3 cm³/mol. The molecular formula is C16H22N2O4S. The summed E-state index contributed by atoms with van der Waals surface area (Å²) in [5.41, 5.74) is 7.77. The molecule has 2 N–H and O–H groups in total. The van der Waals surface area contributed by atoms with Gasteiger partial charge >= 0.3 is 0 Å². The van der Waals surface area contributed by atoms with Gasteiger partial charge in [0, 0.05) is 26.1 Å². The highest BCUT2D eigenvalue weighted by Gasteiger charge is 2.42. The minimum absolute atomic E-state index is 0.128. The van der Waals surface area contributed by atoms with E-state index in [0.717, 1.165) is 24.8 Å². The van der Waals surface area contributed by atoms with Crippen LogP contribution >= 0.6 is 0 Å². The van der Waals surface area contributed by atoms with E-state index in [1.807, 2.05) is 6.07 Å². The fourth-order valence-corrected chi connectivity index (χ4v) is 5.16. The summed E-state index contributed by atoms with van der Waals surface area (Å²) in [5, 5.41) is 0. The van der Waals surface area contributed by atoms with Crippen molar-refractivity contribution in [3.8, 4) is 0 Å². The van der Waals surface area contributed by atoms with Crippen LogP contribution in [0.2, 0.25) is 0 Å². The summed E-state index contributed by atoms with van der Waals surface area (Å²) in [6, 6.07) is 5.35. The third-order valence-electron chi connectivity index (χ3n) is 4.86. The second-order valence-corrected chi connectivity index (χ2v) is 8.27. The maximum Gasteiger partial charge on any atom is 0.243 e. The first kappa shape index (κ1) is 16.4. The number of benzene rings is 1. The molecule has 0 radical (unpaired) electrons. The van der Waals surface area contributed by atoms with E-state index in [0.29, 0.717) is 11.5 Å². The Morgan fingerprint density at radius 3 is 2.74 bits per heavy atom. The van der Waals surface area contributed by atoms with E-state index >= 15 is 0 Å². The van der Waals surface area contributed by atoms with Crippen LogP contribution in [-0.2, 0) is 32.4 Å². The van der Waals surface area contributed by atoms with Gasteiger partial charge in [-0.15, -0.1) is 0 Å². The maximum atomic E-state index is 12.9. The van der Waals surface area contributed by atoms with Crippen molar-refractivity contribution in [3.05, 3.63) is 29.3 Å². The SMILES string of the molecule is COC[C@@H]1CN(S(=O)(=O)c2ccc3c(c2)CCC3)C[C@H]1C(N)=O. The van der Waals surface area contributed by atoms with Gasteiger partial charge in [0.25, 0.3) is 0 Å². The number of carbonyl (C=O) groups is 1. The normalized spacial score (nSPS) is 24.7. The van der Waals surface area contributed by atoms with E-state index in [1.54, 1.807) is 12.1 Å². The van der Waals surface area contributed by atoms with Gasteiger partial charge in [-0.05, 0) is 42.5 Å². The molecule has 2 aliphatic rings. The molecule has 2 atom stereocenters. The summed E-state index contributed by atoms with van der Waals surface area (Å²) in [6.45, 7) is 0.716. The molecule has 1 aliphatic heterocycles. The lowest BCUT2D eigenvalue weighted by molar-refractivity contribution is -0.122. The lowest BCUT2D eigenvalue weighted by Gasteiger charge is -2.17. The zero-order valence-corrected chi connectivity index (χ0v) is 14.0. The Kier molecular flexibility index (Phi) is 4.44. The Hall–Kier alpha value is -1.44. The van der Waals surface area contributed by atoms with Gasteiger partial charge in [0.1, 0.15) is 0 Å². The Labute approximate surface area is 136 Å². The van der Waals surface area contributed by atoms with Crippen LogP contribution in [-0.4, -0.2) is 45.4 Å². The molecule has 1 saturated heterocycles. The Morgan fingerprint density at radius 2 is 2.04 bits per heavy atom. The van der Waals surface area contributed by atoms with Gasteiger partial charge in [0.2, 0.25) is 15.9 Å². The van der Waals surface area contributed by atoms with Crippen molar-refractivity contribution >= 4 is 15.9 Å². The molecule has 23 heavy (non-hydrogen) atoms. The van der Waals surface area contributed by atoms with Crippen LogP contribution in [0.25, 0.3) is 0 Å².